The van der Waals surface area contributed by atoms with E-state index in [1.54, 1.807) is 19.0 Å². The van der Waals surface area contributed by atoms with Gasteiger partial charge in [0.15, 0.2) is 0 Å². The minimum absolute atomic E-state index is 0.108. The molecule has 0 bridgehead atoms. The molecule has 2 heterocycles. The Hall–Kier alpha value is -1.83. The van der Waals surface area contributed by atoms with E-state index >= 15 is 0 Å². The minimum Gasteiger partial charge on any atom is -0.391 e. The highest BCUT2D eigenvalue weighted by atomic mass is 19.4. The number of pyridine rings is 1. The van der Waals surface area contributed by atoms with Gasteiger partial charge in [-0.2, -0.15) is 13.2 Å². The zero-order valence-corrected chi connectivity index (χ0v) is 14.3. The lowest BCUT2D eigenvalue weighted by Gasteiger charge is -2.21. The smallest absolute Gasteiger partial charge is 0.391 e. The molecule has 1 saturated heterocycles. The predicted octanol–water partition coefficient (Wildman–Crippen LogP) is 1.86. The van der Waals surface area contributed by atoms with Crippen molar-refractivity contribution in [3.8, 4) is 0 Å². The molecule has 1 amide bonds. The van der Waals surface area contributed by atoms with E-state index in [1.807, 2.05) is 0 Å². The van der Waals surface area contributed by atoms with E-state index in [-0.39, 0.29) is 30.6 Å². The van der Waals surface area contributed by atoms with Crippen molar-refractivity contribution in [3.63, 3.8) is 0 Å². The Morgan fingerprint density at radius 3 is 2.72 bits per heavy atom. The maximum atomic E-state index is 13.4. The van der Waals surface area contributed by atoms with Gasteiger partial charge < -0.3 is 14.9 Å². The quantitative estimate of drug-likeness (QED) is 0.897. The van der Waals surface area contributed by atoms with Crippen LogP contribution < -0.4 is 4.90 Å². The number of halogens is 3. The minimum atomic E-state index is -4.41. The molecule has 138 valence electrons. The average Bonchev–Trinajstić information content (AvgIpc) is 3.12. The van der Waals surface area contributed by atoms with Crippen molar-refractivity contribution in [2.24, 2.45) is 5.92 Å². The fraction of sp³-hybridized carbons (Fsp3) is 0.647. The number of aliphatic hydroxyl groups is 1. The number of carbonyl (C=O) groups excluding carboxylic acids is 1. The first-order valence-electron chi connectivity index (χ1n) is 8.40. The van der Waals surface area contributed by atoms with Crippen LogP contribution in [0.1, 0.15) is 29.7 Å². The number of amides is 1. The number of anilines is 1. The molecular formula is C17H22F3N3O2. The highest BCUT2D eigenvalue weighted by Crippen LogP contribution is 2.39. The van der Waals surface area contributed by atoms with E-state index in [2.05, 4.69) is 4.98 Å². The van der Waals surface area contributed by atoms with Crippen LogP contribution in [0, 0.1) is 5.92 Å². The number of nitrogens with zero attached hydrogens (tertiary/aromatic N) is 3. The van der Waals surface area contributed by atoms with Gasteiger partial charge >= 0.3 is 6.18 Å². The van der Waals surface area contributed by atoms with E-state index in [4.69, 9.17) is 0 Å². The van der Waals surface area contributed by atoms with Crippen LogP contribution in [0.3, 0.4) is 0 Å². The second-order valence-electron chi connectivity index (χ2n) is 7.03. The molecular weight excluding hydrogens is 335 g/mol. The van der Waals surface area contributed by atoms with Gasteiger partial charge in [-0.1, -0.05) is 0 Å². The van der Waals surface area contributed by atoms with Crippen LogP contribution in [0.5, 0.6) is 0 Å². The lowest BCUT2D eigenvalue weighted by atomic mass is 10.0. The summed E-state index contributed by atoms with van der Waals surface area (Å²) in [6, 6.07) is 1.09. The Balaban J connectivity index is 1.84. The zero-order chi connectivity index (χ0) is 18.4. The predicted molar refractivity (Wildman–Crippen MR) is 86.3 cm³/mol. The molecule has 2 aliphatic rings. The number of fused-ring (bicyclic) bond motifs is 1. The van der Waals surface area contributed by atoms with E-state index < -0.39 is 17.8 Å². The van der Waals surface area contributed by atoms with Gasteiger partial charge in [-0.05, 0) is 30.9 Å². The van der Waals surface area contributed by atoms with Gasteiger partial charge in [0.2, 0.25) is 5.91 Å². The van der Waals surface area contributed by atoms with E-state index in [0.29, 0.717) is 37.1 Å². The van der Waals surface area contributed by atoms with E-state index in [0.717, 1.165) is 6.07 Å². The topological polar surface area (TPSA) is 56.7 Å². The molecule has 1 aromatic rings. The summed E-state index contributed by atoms with van der Waals surface area (Å²) in [5.41, 5.74) is 0.190. The summed E-state index contributed by atoms with van der Waals surface area (Å²) in [7, 11) is 3.28. The Morgan fingerprint density at radius 2 is 2.08 bits per heavy atom. The third kappa shape index (κ3) is 3.58. The first-order chi connectivity index (χ1) is 11.7. The molecule has 1 aliphatic heterocycles. The molecule has 0 unspecified atom stereocenters. The van der Waals surface area contributed by atoms with Crippen molar-refractivity contribution in [1.29, 1.82) is 0 Å². The Morgan fingerprint density at radius 1 is 1.36 bits per heavy atom. The first-order valence-corrected chi connectivity index (χ1v) is 8.40. The van der Waals surface area contributed by atoms with Gasteiger partial charge in [-0.15, -0.1) is 0 Å². The standard InChI is InChI=1S/C17H22F3N3O2/c1-22(2)16(25)6-10-8-23(9-14(10)24)15-7-12(17(18,19)20)11-4-3-5-13(11)21-15/h7,10,14,24H,3-6,8-9H2,1-2H3/t10-,14-/m1/s1. The molecule has 1 aliphatic carbocycles. The molecule has 0 aromatic carbocycles. The Kier molecular flexibility index (Phi) is 4.66. The summed E-state index contributed by atoms with van der Waals surface area (Å²) in [5.74, 6) is -0.171. The normalized spacial score (nSPS) is 23.0. The van der Waals surface area contributed by atoms with Crippen LogP contribution in [-0.4, -0.2) is 54.2 Å². The third-order valence-electron chi connectivity index (χ3n) is 5.01. The summed E-state index contributed by atoms with van der Waals surface area (Å²) in [6.45, 7) is 0.512. The van der Waals surface area contributed by atoms with Gasteiger partial charge in [0.25, 0.3) is 0 Å². The third-order valence-corrected chi connectivity index (χ3v) is 5.01. The maximum Gasteiger partial charge on any atom is 0.416 e. The molecule has 5 nitrogen and oxygen atoms in total. The Labute approximate surface area is 144 Å². The van der Waals surface area contributed by atoms with Gasteiger partial charge in [0.05, 0.1) is 11.7 Å². The molecule has 0 spiro atoms. The van der Waals surface area contributed by atoms with Gasteiger partial charge in [0, 0.05) is 45.2 Å². The first kappa shape index (κ1) is 18.0. The number of aromatic nitrogens is 1. The number of hydrogen-bond donors (Lipinski definition) is 1. The van der Waals surface area contributed by atoms with E-state index in [9.17, 15) is 23.1 Å². The lowest BCUT2D eigenvalue weighted by Crippen LogP contribution is -2.28. The van der Waals surface area contributed by atoms with Crippen LogP contribution in [0.2, 0.25) is 0 Å². The van der Waals surface area contributed by atoms with Gasteiger partial charge in [0.1, 0.15) is 5.82 Å². The van der Waals surface area contributed by atoms with Crippen molar-refractivity contribution in [2.75, 3.05) is 32.1 Å². The SMILES string of the molecule is CN(C)C(=O)C[C@@H]1CN(c2cc(C(F)(F)F)c3c(n2)CCC3)C[C@H]1O. The number of carbonyl (C=O) groups is 1. The van der Waals surface area contributed by atoms with Crippen LogP contribution in [0.15, 0.2) is 6.07 Å². The zero-order valence-electron chi connectivity index (χ0n) is 14.3. The molecule has 8 heteroatoms. The highest BCUT2D eigenvalue weighted by molar-refractivity contribution is 5.76. The Bertz CT molecular complexity index is 676. The average molecular weight is 357 g/mol. The molecule has 3 rings (SSSR count). The maximum absolute atomic E-state index is 13.4. The van der Waals surface area contributed by atoms with E-state index in [1.165, 1.54) is 4.90 Å². The van der Waals surface area contributed by atoms with Crippen LogP contribution in [0.4, 0.5) is 19.0 Å². The van der Waals surface area contributed by atoms with Crippen molar-refractivity contribution >= 4 is 11.7 Å². The molecule has 25 heavy (non-hydrogen) atoms. The fourth-order valence-electron chi connectivity index (χ4n) is 3.59. The van der Waals surface area contributed by atoms with Crippen molar-refractivity contribution in [1.82, 2.24) is 9.88 Å². The largest absolute Gasteiger partial charge is 0.416 e. The van der Waals surface area contributed by atoms with Gasteiger partial charge in [-0.25, -0.2) is 4.98 Å². The van der Waals surface area contributed by atoms with Crippen molar-refractivity contribution in [3.05, 3.63) is 22.9 Å². The van der Waals surface area contributed by atoms with Crippen LogP contribution in [0.25, 0.3) is 0 Å². The lowest BCUT2D eigenvalue weighted by molar-refractivity contribution is -0.138. The number of alkyl halides is 3. The molecule has 1 N–H and O–H groups in total. The summed E-state index contributed by atoms with van der Waals surface area (Å²) >= 11 is 0. The highest BCUT2D eigenvalue weighted by Gasteiger charge is 2.39. The summed E-state index contributed by atoms with van der Waals surface area (Å²) in [5, 5.41) is 10.2. The van der Waals surface area contributed by atoms with Crippen molar-refractivity contribution in [2.45, 2.75) is 38.0 Å². The summed E-state index contributed by atoms with van der Waals surface area (Å²) in [6.07, 6.45) is -3.37. The molecule has 0 radical (unpaired) electrons. The summed E-state index contributed by atoms with van der Waals surface area (Å²) < 4.78 is 40.1. The fourth-order valence-corrected chi connectivity index (χ4v) is 3.59. The number of aliphatic hydroxyl groups excluding tert-OH is 1. The van der Waals surface area contributed by atoms with Crippen molar-refractivity contribution < 1.29 is 23.1 Å². The summed E-state index contributed by atoms with van der Waals surface area (Å²) in [4.78, 5) is 19.4. The number of rotatable bonds is 3. The molecule has 1 aromatic heterocycles. The molecule has 0 saturated carbocycles. The van der Waals surface area contributed by atoms with Crippen LogP contribution in [-0.2, 0) is 23.8 Å². The van der Waals surface area contributed by atoms with Gasteiger partial charge in [-0.3, -0.25) is 4.79 Å². The molecule has 1 fully saturated rings. The molecule has 2 atom stereocenters. The second-order valence-corrected chi connectivity index (χ2v) is 7.03. The van der Waals surface area contributed by atoms with Crippen LogP contribution >= 0.6 is 0 Å². The monoisotopic (exact) mass is 357 g/mol. The number of β-amino-alcohol motifs (C(OH)–C–C–N with tert-alkyl or cyclic N) is 1. The number of aryl methyl sites for hydroxylation is 1. The second kappa shape index (κ2) is 6.48. The number of hydrogen-bond acceptors (Lipinski definition) is 4.